The summed E-state index contributed by atoms with van der Waals surface area (Å²) in [5.74, 6) is -3.30. The van der Waals surface area contributed by atoms with E-state index in [0.29, 0.717) is 5.56 Å². The molecule has 2 aromatic carbocycles. The van der Waals surface area contributed by atoms with Crippen molar-refractivity contribution >= 4 is 28.8 Å². The third kappa shape index (κ3) is 5.66. The second-order valence-corrected chi connectivity index (χ2v) is 7.07. The van der Waals surface area contributed by atoms with Crippen LogP contribution in [-0.4, -0.2) is 45.8 Å². The summed E-state index contributed by atoms with van der Waals surface area (Å²) in [6.07, 6.45) is 0.788. The Morgan fingerprint density at radius 3 is 2.48 bits per heavy atom. The number of nitrogens with two attached hydrogens (primary N) is 1. The number of ether oxygens (including phenoxy) is 1. The van der Waals surface area contributed by atoms with Gasteiger partial charge in [0, 0.05) is 18.6 Å². The summed E-state index contributed by atoms with van der Waals surface area (Å²) in [7, 11) is 0. The Hall–Kier alpha value is -4.38. The van der Waals surface area contributed by atoms with Crippen LogP contribution in [-0.2, 0) is 14.4 Å². The Kier molecular flexibility index (Phi) is 6.94. The molecule has 0 aliphatic carbocycles. The van der Waals surface area contributed by atoms with Crippen LogP contribution < -0.4 is 21.2 Å². The van der Waals surface area contributed by atoms with Crippen molar-refractivity contribution in [1.29, 1.82) is 0 Å². The van der Waals surface area contributed by atoms with Gasteiger partial charge in [0.2, 0.25) is 11.3 Å². The zero-order valence-electron chi connectivity index (χ0n) is 17.1. The summed E-state index contributed by atoms with van der Waals surface area (Å²) >= 11 is 0. The monoisotopic (exact) mass is 456 g/mol. The first kappa shape index (κ1) is 23.3. The molecule has 172 valence electrons. The smallest absolute Gasteiger partial charge is 0.330 e. The molecule has 0 radical (unpaired) electrons. The molecule has 0 bridgehead atoms. The van der Waals surface area contributed by atoms with Gasteiger partial charge >= 0.3 is 11.9 Å². The zero-order valence-corrected chi connectivity index (χ0v) is 17.1. The first-order valence-corrected chi connectivity index (χ1v) is 9.69. The number of aliphatic carboxylic acids is 1. The Labute approximate surface area is 186 Å². The summed E-state index contributed by atoms with van der Waals surface area (Å²) in [4.78, 5) is 47.2. The summed E-state index contributed by atoms with van der Waals surface area (Å²) in [5, 5.41) is 30.4. The largest absolute Gasteiger partial charge is 0.508 e. The number of carboxylic acid groups (broad SMARTS) is 1. The number of benzene rings is 2. The molecule has 1 unspecified atom stereocenters. The van der Waals surface area contributed by atoms with E-state index in [-0.39, 0.29) is 40.9 Å². The van der Waals surface area contributed by atoms with E-state index in [0.717, 1.165) is 6.07 Å². The van der Waals surface area contributed by atoms with Crippen LogP contribution in [0, 0.1) is 0 Å². The Morgan fingerprint density at radius 1 is 1.12 bits per heavy atom. The maximum absolute atomic E-state index is 12.8. The number of amides is 1. The number of hydrogen-bond donors (Lipinski definition) is 5. The van der Waals surface area contributed by atoms with Crippen LogP contribution in [0.15, 0.2) is 51.9 Å². The van der Waals surface area contributed by atoms with Crippen molar-refractivity contribution < 1.29 is 38.9 Å². The van der Waals surface area contributed by atoms with Crippen LogP contribution in [0.4, 0.5) is 0 Å². The van der Waals surface area contributed by atoms with Crippen LogP contribution in [0.1, 0.15) is 12.8 Å². The fraction of sp³-hybridized carbons (Fsp3) is 0.182. The minimum atomic E-state index is -1.10. The van der Waals surface area contributed by atoms with Gasteiger partial charge in [0.1, 0.15) is 41.0 Å². The number of rotatable bonds is 8. The second-order valence-electron chi connectivity index (χ2n) is 7.07. The van der Waals surface area contributed by atoms with Gasteiger partial charge in [0.05, 0.1) is 11.6 Å². The standard InChI is InChI=1S/C22H20N2O9/c23-15(5-6-18(27)28)22(31)24-9-19(29)33-13-7-16(26)20-17(8-13)32-10-14(21(20)30)11-1-3-12(25)4-2-11/h1-4,7-8,10,15,25-26H,5-6,9,23H2,(H,24,31)(H,27,28). The van der Waals surface area contributed by atoms with Crippen molar-refractivity contribution in [2.75, 3.05) is 6.54 Å². The number of carbonyl (C=O) groups is 3. The molecular formula is C22H20N2O9. The van der Waals surface area contributed by atoms with Crippen molar-refractivity contribution in [3.05, 3.63) is 52.9 Å². The molecule has 1 amide bonds. The highest BCUT2D eigenvalue weighted by Gasteiger charge is 2.18. The maximum Gasteiger partial charge on any atom is 0.330 e. The molecule has 33 heavy (non-hydrogen) atoms. The predicted octanol–water partition coefficient (Wildman–Crippen LogP) is 1.08. The van der Waals surface area contributed by atoms with Gasteiger partial charge in [-0.1, -0.05) is 12.1 Å². The molecule has 0 spiro atoms. The van der Waals surface area contributed by atoms with E-state index in [2.05, 4.69) is 5.32 Å². The molecule has 1 atom stereocenters. The van der Waals surface area contributed by atoms with E-state index >= 15 is 0 Å². The third-order valence-corrected chi connectivity index (χ3v) is 4.65. The second kappa shape index (κ2) is 9.83. The number of phenols is 2. The number of carbonyl (C=O) groups excluding carboxylic acids is 2. The van der Waals surface area contributed by atoms with Gasteiger partial charge in [-0.05, 0) is 24.1 Å². The normalized spacial score (nSPS) is 11.7. The van der Waals surface area contributed by atoms with Crippen LogP contribution in [0.5, 0.6) is 17.2 Å². The molecule has 0 saturated carbocycles. The van der Waals surface area contributed by atoms with Crippen LogP contribution >= 0.6 is 0 Å². The van der Waals surface area contributed by atoms with E-state index in [1.807, 2.05) is 0 Å². The molecule has 11 heteroatoms. The lowest BCUT2D eigenvalue weighted by molar-refractivity contribution is -0.138. The number of nitrogens with one attached hydrogen (secondary N) is 1. The lowest BCUT2D eigenvalue weighted by Crippen LogP contribution is -2.43. The summed E-state index contributed by atoms with van der Waals surface area (Å²) in [6, 6.07) is 7.02. The summed E-state index contributed by atoms with van der Waals surface area (Å²) < 4.78 is 10.5. The van der Waals surface area contributed by atoms with E-state index in [9.17, 15) is 29.4 Å². The lowest BCUT2D eigenvalue weighted by Gasteiger charge is -2.11. The molecule has 6 N–H and O–H groups in total. The van der Waals surface area contributed by atoms with Crippen molar-refractivity contribution in [3.8, 4) is 28.4 Å². The SMILES string of the molecule is NC(CCC(=O)O)C(=O)NCC(=O)Oc1cc(O)c2c(=O)c(-c3ccc(O)cc3)coc2c1. The Bertz CT molecular complexity index is 1270. The number of aromatic hydroxyl groups is 2. The highest BCUT2D eigenvalue weighted by molar-refractivity contribution is 5.90. The first-order valence-electron chi connectivity index (χ1n) is 9.69. The van der Waals surface area contributed by atoms with Crippen LogP contribution in [0.3, 0.4) is 0 Å². The molecule has 1 aromatic heterocycles. The molecule has 0 aliphatic rings. The molecular weight excluding hydrogens is 436 g/mol. The maximum atomic E-state index is 12.8. The zero-order chi connectivity index (χ0) is 24.1. The quantitative estimate of drug-likeness (QED) is 0.242. The van der Waals surface area contributed by atoms with Gasteiger partial charge in [-0.25, -0.2) is 4.79 Å². The minimum absolute atomic E-state index is 0.0247. The molecule has 1 heterocycles. The van der Waals surface area contributed by atoms with E-state index < -0.39 is 41.6 Å². The minimum Gasteiger partial charge on any atom is -0.508 e. The molecule has 0 aliphatic heterocycles. The van der Waals surface area contributed by atoms with Crippen molar-refractivity contribution in [1.82, 2.24) is 5.32 Å². The summed E-state index contributed by atoms with van der Waals surface area (Å²) in [5.41, 5.74) is 5.61. The van der Waals surface area contributed by atoms with E-state index in [1.165, 1.54) is 36.6 Å². The molecule has 0 fully saturated rings. The number of phenolic OH excluding ortho intramolecular Hbond substituents is 2. The third-order valence-electron chi connectivity index (χ3n) is 4.65. The summed E-state index contributed by atoms with van der Waals surface area (Å²) in [6.45, 7) is -0.553. The fourth-order valence-corrected chi connectivity index (χ4v) is 2.97. The van der Waals surface area contributed by atoms with E-state index in [1.54, 1.807) is 0 Å². The van der Waals surface area contributed by atoms with Crippen LogP contribution in [0.25, 0.3) is 22.1 Å². The average molecular weight is 456 g/mol. The highest BCUT2D eigenvalue weighted by atomic mass is 16.5. The topological polar surface area (TPSA) is 189 Å². The van der Waals surface area contributed by atoms with Gasteiger partial charge in [-0.15, -0.1) is 0 Å². The molecule has 0 saturated heterocycles. The number of hydrogen-bond acceptors (Lipinski definition) is 9. The van der Waals surface area contributed by atoms with Crippen molar-refractivity contribution in [2.24, 2.45) is 5.73 Å². The van der Waals surface area contributed by atoms with Gasteiger partial charge in [0.25, 0.3) is 0 Å². The van der Waals surface area contributed by atoms with Gasteiger partial charge in [0.15, 0.2) is 0 Å². The first-order chi connectivity index (χ1) is 15.7. The average Bonchev–Trinajstić information content (AvgIpc) is 2.76. The molecule has 3 rings (SSSR count). The molecule has 11 nitrogen and oxygen atoms in total. The fourth-order valence-electron chi connectivity index (χ4n) is 2.97. The van der Waals surface area contributed by atoms with Gasteiger partial charge in [-0.3, -0.25) is 14.4 Å². The number of esters is 1. The highest BCUT2D eigenvalue weighted by Crippen LogP contribution is 2.30. The van der Waals surface area contributed by atoms with Gasteiger partial charge in [-0.2, -0.15) is 0 Å². The Balaban J connectivity index is 1.72. The molecule has 3 aromatic rings. The van der Waals surface area contributed by atoms with Crippen molar-refractivity contribution in [2.45, 2.75) is 18.9 Å². The van der Waals surface area contributed by atoms with Crippen LogP contribution in [0.2, 0.25) is 0 Å². The number of carboxylic acids is 1. The lowest BCUT2D eigenvalue weighted by atomic mass is 10.0. The predicted molar refractivity (Wildman–Crippen MR) is 115 cm³/mol. The van der Waals surface area contributed by atoms with Crippen molar-refractivity contribution in [3.63, 3.8) is 0 Å². The Morgan fingerprint density at radius 2 is 1.82 bits per heavy atom. The van der Waals surface area contributed by atoms with E-state index in [4.69, 9.17) is 20.0 Å². The number of fused-ring (bicyclic) bond motifs is 1. The van der Waals surface area contributed by atoms with Gasteiger partial charge < -0.3 is 35.5 Å².